The van der Waals surface area contributed by atoms with E-state index in [1.54, 1.807) is 26.1 Å². The normalized spacial score (nSPS) is 14.1. The van der Waals surface area contributed by atoms with Crippen LogP contribution in [-0.2, 0) is 16.4 Å². The number of aromatic nitrogens is 4. The lowest BCUT2D eigenvalue weighted by Crippen LogP contribution is -2.36. The molecule has 0 spiro atoms. The topological polar surface area (TPSA) is 92.7 Å². The van der Waals surface area contributed by atoms with Gasteiger partial charge in [-0.15, -0.1) is 0 Å². The smallest absolute Gasteiger partial charge is 0.323 e. The first-order valence-corrected chi connectivity index (χ1v) is 11.2. The number of rotatable bonds is 7. The zero-order chi connectivity index (χ0) is 24.5. The van der Waals surface area contributed by atoms with Crippen molar-refractivity contribution in [2.75, 3.05) is 10.0 Å². The fourth-order valence-corrected chi connectivity index (χ4v) is 3.63. The zero-order valence-corrected chi connectivity index (χ0v) is 19.0. The first kappa shape index (κ1) is 23.9. The standard InChI is InChI=1S/C22H20F4N6OS/c1-21(2,17-7-8-28-20(31-17)32-34-13-4-5-13)19(33)30-15-6-3-12(9-14(15)23)16-10-27-11-18(29-16)22(24,25)26/h3,6-11,13H,4-5H2,1-2H3,(H,30,33)(H,28,31,32). The van der Waals surface area contributed by atoms with Crippen molar-refractivity contribution in [3.63, 3.8) is 0 Å². The lowest BCUT2D eigenvalue weighted by Gasteiger charge is -2.23. The second-order valence-corrected chi connectivity index (χ2v) is 9.35. The maximum atomic E-state index is 14.7. The van der Waals surface area contributed by atoms with E-state index in [9.17, 15) is 22.4 Å². The highest BCUT2D eigenvalue weighted by molar-refractivity contribution is 8.01. The highest BCUT2D eigenvalue weighted by Crippen LogP contribution is 2.34. The van der Waals surface area contributed by atoms with E-state index < -0.39 is 29.0 Å². The average Bonchev–Trinajstić information content (AvgIpc) is 3.63. The molecule has 2 aromatic heterocycles. The highest BCUT2D eigenvalue weighted by atomic mass is 32.2. The van der Waals surface area contributed by atoms with Gasteiger partial charge in [0.05, 0.1) is 34.9 Å². The summed E-state index contributed by atoms with van der Waals surface area (Å²) in [6.45, 7) is 3.29. The Balaban J connectivity index is 1.50. The fraction of sp³-hybridized carbons (Fsp3) is 0.318. The van der Waals surface area contributed by atoms with Gasteiger partial charge in [-0.1, -0.05) is 6.07 Å². The van der Waals surface area contributed by atoms with Crippen molar-refractivity contribution in [2.24, 2.45) is 0 Å². The van der Waals surface area contributed by atoms with Gasteiger partial charge in [0.25, 0.3) is 0 Å². The summed E-state index contributed by atoms with van der Waals surface area (Å²) < 4.78 is 56.5. The molecule has 1 amide bonds. The summed E-state index contributed by atoms with van der Waals surface area (Å²) in [5.41, 5.74) is -2.04. The number of halogens is 4. The quantitative estimate of drug-likeness (QED) is 0.345. The molecule has 0 saturated heterocycles. The lowest BCUT2D eigenvalue weighted by molar-refractivity contribution is -0.141. The number of nitrogens with one attached hydrogen (secondary N) is 2. The molecule has 34 heavy (non-hydrogen) atoms. The van der Waals surface area contributed by atoms with E-state index in [-0.39, 0.29) is 16.9 Å². The molecule has 12 heteroatoms. The van der Waals surface area contributed by atoms with E-state index in [0.29, 0.717) is 23.1 Å². The number of anilines is 2. The van der Waals surface area contributed by atoms with Crippen LogP contribution in [0.2, 0.25) is 0 Å². The van der Waals surface area contributed by atoms with Crippen LogP contribution in [-0.4, -0.2) is 31.1 Å². The highest BCUT2D eigenvalue weighted by Gasteiger charge is 2.34. The SMILES string of the molecule is CC(C)(C(=O)Nc1ccc(-c2cncc(C(F)(F)F)n2)cc1F)c1ccnc(NSC2CC2)n1. The third-order valence-corrected chi connectivity index (χ3v) is 6.25. The van der Waals surface area contributed by atoms with Gasteiger partial charge in [0.1, 0.15) is 5.82 Å². The zero-order valence-electron chi connectivity index (χ0n) is 18.2. The van der Waals surface area contributed by atoms with Crippen molar-refractivity contribution >= 4 is 29.5 Å². The third kappa shape index (κ3) is 5.44. The summed E-state index contributed by atoms with van der Waals surface area (Å²) in [6, 6.07) is 5.23. The molecule has 1 aliphatic rings. The minimum Gasteiger partial charge on any atom is -0.323 e. The van der Waals surface area contributed by atoms with Crippen LogP contribution in [0.4, 0.5) is 29.2 Å². The molecule has 0 atom stereocenters. The average molecular weight is 493 g/mol. The molecule has 1 aromatic carbocycles. The van der Waals surface area contributed by atoms with Crippen molar-refractivity contribution in [3.8, 4) is 11.3 Å². The molecule has 2 N–H and O–H groups in total. The third-order valence-electron chi connectivity index (χ3n) is 5.14. The Morgan fingerprint density at radius 1 is 1.09 bits per heavy atom. The van der Waals surface area contributed by atoms with Crippen LogP contribution in [0, 0.1) is 5.82 Å². The Morgan fingerprint density at radius 2 is 1.85 bits per heavy atom. The van der Waals surface area contributed by atoms with Crippen LogP contribution >= 0.6 is 11.9 Å². The molecular formula is C22H20F4N6OS. The van der Waals surface area contributed by atoms with Crippen LogP contribution in [0.25, 0.3) is 11.3 Å². The first-order chi connectivity index (χ1) is 16.0. The number of alkyl halides is 3. The van der Waals surface area contributed by atoms with E-state index in [2.05, 4.69) is 30.0 Å². The molecular weight excluding hydrogens is 472 g/mol. The van der Waals surface area contributed by atoms with Gasteiger partial charge in [-0.3, -0.25) is 14.5 Å². The van der Waals surface area contributed by atoms with E-state index >= 15 is 0 Å². The summed E-state index contributed by atoms with van der Waals surface area (Å²) in [4.78, 5) is 28.6. The predicted octanol–water partition coefficient (Wildman–Crippen LogP) is 5.23. The molecule has 178 valence electrons. The van der Waals surface area contributed by atoms with Crippen molar-refractivity contribution < 1.29 is 22.4 Å². The van der Waals surface area contributed by atoms with E-state index in [1.165, 1.54) is 24.1 Å². The van der Waals surface area contributed by atoms with Crippen LogP contribution in [0.3, 0.4) is 0 Å². The second-order valence-electron chi connectivity index (χ2n) is 8.25. The molecule has 0 bridgehead atoms. The number of amides is 1. The van der Waals surface area contributed by atoms with E-state index in [1.807, 2.05) is 0 Å². The van der Waals surface area contributed by atoms with Crippen molar-refractivity contribution in [1.82, 2.24) is 19.9 Å². The fourth-order valence-electron chi connectivity index (χ4n) is 2.89. The maximum absolute atomic E-state index is 14.7. The van der Waals surface area contributed by atoms with Gasteiger partial charge in [0.15, 0.2) is 5.69 Å². The maximum Gasteiger partial charge on any atom is 0.434 e. The summed E-state index contributed by atoms with van der Waals surface area (Å²) in [7, 11) is 0. The van der Waals surface area contributed by atoms with Crippen LogP contribution in [0.15, 0.2) is 42.9 Å². The number of benzene rings is 1. The van der Waals surface area contributed by atoms with Gasteiger partial charge in [-0.25, -0.2) is 19.3 Å². The van der Waals surface area contributed by atoms with Gasteiger partial charge >= 0.3 is 6.18 Å². The largest absolute Gasteiger partial charge is 0.434 e. The summed E-state index contributed by atoms with van der Waals surface area (Å²) in [5, 5.41) is 3.07. The van der Waals surface area contributed by atoms with Gasteiger partial charge in [0, 0.05) is 17.0 Å². The molecule has 0 radical (unpaired) electrons. The van der Waals surface area contributed by atoms with Crippen LogP contribution in [0.5, 0.6) is 0 Å². The minimum atomic E-state index is -4.67. The van der Waals surface area contributed by atoms with Crippen molar-refractivity contribution in [3.05, 3.63) is 60.1 Å². The number of carbonyl (C=O) groups excluding carboxylic acids is 1. The molecule has 1 aliphatic carbocycles. The Kier molecular flexibility index (Phi) is 6.43. The summed E-state index contributed by atoms with van der Waals surface area (Å²) in [5.74, 6) is -0.961. The Hall–Kier alpha value is -3.28. The van der Waals surface area contributed by atoms with E-state index in [0.717, 1.165) is 25.1 Å². The Morgan fingerprint density at radius 3 is 2.53 bits per heavy atom. The Bertz CT molecular complexity index is 1220. The summed E-state index contributed by atoms with van der Waals surface area (Å²) >= 11 is 1.53. The lowest BCUT2D eigenvalue weighted by atomic mass is 9.88. The summed E-state index contributed by atoms with van der Waals surface area (Å²) in [6.07, 6.45) is 0.835. The number of carbonyl (C=O) groups is 1. The number of nitrogens with zero attached hydrogens (tertiary/aromatic N) is 4. The van der Waals surface area contributed by atoms with Gasteiger partial charge in [-0.2, -0.15) is 13.2 Å². The molecule has 1 saturated carbocycles. The van der Waals surface area contributed by atoms with E-state index in [4.69, 9.17) is 0 Å². The second kappa shape index (κ2) is 9.16. The predicted molar refractivity (Wildman–Crippen MR) is 120 cm³/mol. The van der Waals surface area contributed by atoms with Crippen molar-refractivity contribution in [1.29, 1.82) is 0 Å². The first-order valence-electron chi connectivity index (χ1n) is 10.3. The number of hydrogen-bond donors (Lipinski definition) is 2. The van der Waals surface area contributed by atoms with Gasteiger partial charge in [0.2, 0.25) is 11.9 Å². The molecule has 1 fully saturated rings. The minimum absolute atomic E-state index is 0.0908. The molecule has 0 unspecified atom stereocenters. The molecule has 4 rings (SSSR count). The van der Waals surface area contributed by atoms with Gasteiger partial charge in [-0.05, 0) is 56.8 Å². The number of hydrogen-bond acceptors (Lipinski definition) is 7. The molecule has 7 nitrogen and oxygen atoms in total. The Labute approximate surface area is 197 Å². The van der Waals surface area contributed by atoms with Crippen LogP contribution in [0.1, 0.15) is 38.1 Å². The monoisotopic (exact) mass is 492 g/mol. The van der Waals surface area contributed by atoms with Crippen LogP contribution < -0.4 is 10.0 Å². The van der Waals surface area contributed by atoms with Gasteiger partial charge < -0.3 is 5.32 Å². The van der Waals surface area contributed by atoms with Crippen molar-refractivity contribution in [2.45, 2.75) is 43.5 Å². The molecule has 3 aromatic rings. The molecule has 2 heterocycles. The molecule has 0 aliphatic heterocycles.